The van der Waals surface area contributed by atoms with Crippen LogP contribution in [0.3, 0.4) is 0 Å². The van der Waals surface area contributed by atoms with Crippen molar-refractivity contribution in [2.75, 3.05) is 33.4 Å². The molecule has 6 nitrogen and oxygen atoms in total. The van der Waals surface area contributed by atoms with Gasteiger partial charge in [0.05, 0.1) is 0 Å². The van der Waals surface area contributed by atoms with E-state index in [2.05, 4.69) is 10.0 Å². The molecular weight excluding hydrogens is 278 g/mol. The molecule has 1 unspecified atom stereocenters. The van der Waals surface area contributed by atoms with Crippen LogP contribution in [0.4, 0.5) is 0 Å². The quantitative estimate of drug-likeness (QED) is 0.607. The normalized spacial score (nSPS) is 24.9. The lowest BCUT2D eigenvalue weighted by atomic mass is 10.1. The standard InChI is InChI=1S/C13H27N3O3S/c1-19-10-4-8-15-20(17,18)16-9-3-2-5-13(16)11-14-12-6-7-12/h12-15H,2-11H2,1H3. The second kappa shape index (κ2) is 7.70. The Labute approximate surface area is 122 Å². The predicted molar refractivity (Wildman–Crippen MR) is 78.8 cm³/mol. The van der Waals surface area contributed by atoms with E-state index >= 15 is 0 Å². The van der Waals surface area contributed by atoms with Crippen molar-refractivity contribution in [3.8, 4) is 0 Å². The second-order valence-corrected chi connectivity index (χ2v) is 7.40. The second-order valence-electron chi connectivity index (χ2n) is 5.69. The molecule has 1 saturated heterocycles. The largest absolute Gasteiger partial charge is 0.385 e. The van der Waals surface area contributed by atoms with Crippen LogP contribution in [-0.4, -0.2) is 58.2 Å². The van der Waals surface area contributed by atoms with E-state index < -0.39 is 10.2 Å². The number of hydrogen-bond acceptors (Lipinski definition) is 4. The summed E-state index contributed by atoms with van der Waals surface area (Å²) < 4.78 is 34.0. The average molecular weight is 305 g/mol. The molecule has 0 aromatic heterocycles. The fourth-order valence-corrected chi connectivity index (χ4v) is 4.10. The maximum atomic E-state index is 12.4. The van der Waals surface area contributed by atoms with Gasteiger partial charge in [-0.15, -0.1) is 0 Å². The third kappa shape index (κ3) is 4.96. The molecule has 2 fully saturated rings. The van der Waals surface area contributed by atoms with Gasteiger partial charge in [0, 0.05) is 45.4 Å². The zero-order valence-corrected chi connectivity index (χ0v) is 13.1. The molecule has 0 bridgehead atoms. The minimum Gasteiger partial charge on any atom is -0.385 e. The van der Waals surface area contributed by atoms with E-state index in [1.165, 1.54) is 12.8 Å². The zero-order chi connectivity index (χ0) is 14.4. The van der Waals surface area contributed by atoms with Gasteiger partial charge in [-0.25, -0.2) is 4.72 Å². The fourth-order valence-electron chi connectivity index (χ4n) is 2.59. The van der Waals surface area contributed by atoms with Crippen molar-refractivity contribution in [2.45, 2.75) is 50.6 Å². The van der Waals surface area contributed by atoms with Crippen LogP contribution >= 0.6 is 0 Å². The number of nitrogens with one attached hydrogen (secondary N) is 2. The summed E-state index contributed by atoms with van der Waals surface area (Å²) in [6.07, 6.45) is 6.20. The third-order valence-electron chi connectivity index (χ3n) is 3.91. The first kappa shape index (κ1) is 16.2. The Morgan fingerprint density at radius 2 is 2.05 bits per heavy atom. The summed E-state index contributed by atoms with van der Waals surface area (Å²) in [7, 11) is -1.73. The fraction of sp³-hybridized carbons (Fsp3) is 1.00. The van der Waals surface area contributed by atoms with Crippen LogP contribution in [-0.2, 0) is 14.9 Å². The molecule has 1 heterocycles. The molecule has 7 heteroatoms. The predicted octanol–water partition coefficient (Wildman–Crippen LogP) is 0.464. The molecule has 2 aliphatic rings. The summed E-state index contributed by atoms with van der Waals surface area (Å²) in [6, 6.07) is 0.723. The molecule has 1 aliphatic carbocycles. The molecule has 118 valence electrons. The smallest absolute Gasteiger partial charge is 0.279 e. The van der Waals surface area contributed by atoms with Crippen LogP contribution < -0.4 is 10.0 Å². The first-order valence-corrected chi connectivity index (χ1v) is 9.06. The highest BCUT2D eigenvalue weighted by atomic mass is 32.2. The average Bonchev–Trinajstić information content (AvgIpc) is 3.26. The number of ether oxygens (including phenoxy) is 1. The molecule has 1 saturated carbocycles. The highest BCUT2D eigenvalue weighted by molar-refractivity contribution is 7.87. The van der Waals surface area contributed by atoms with E-state index in [1.54, 1.807) is 11.4 Å². The minimum atomic E-state index is -3.35. The highest BCUT2D eigenvalue weighted by Crippen LogP contribution is 2.22. The topological polar surface area (TPSA) is 70.7 Å². The lowest BCUT2D eigenvalue weighted by Gasteiger charge is -2.34. The summed E-state index contributed by atoms with van der Waals surface area (Å²) in [6.45, 7) is 2.44. The van der Waals surface area contributed by atoms with Crippen molar-refractivity contribution in [1.29, 1.82) is 0 Å². The Morgan fingerprint density at radius 3 is 2.75 bits per heavy atom. The van der Waals surface area contributed by atoms with Crippen LogP contribution in [0.1, 0.15) is 38.5 Å². The lowest BCUT2D eigenvalue weighted by molar-refractivity contribution is 0.195. The molecule has 0 aromatic rings. The van der Waals surface area contributed by atoms with E-state index in [1.807, 2.05) is 0 Å². The summed E-state index contributed by atoms with van der Waals surface area (Å²) in [4.78, 5) is 0. The molecule has 0 spiro atoms. The third-order valence-corrected chi connectivity index (χ3v) is 5.58. The minimum absolute atomic E-state index is 0.101. The SMILES string of the molecule is COCCCNS(=O)(=O)N1CCCCC1CNC1CC1. The van der Waals surface area contributed by atoms with Crippen LogP contribution in [0.2, 0.25) is 0 Å². The summed E-state index contributed by atoms with van der Waals surface area (Å²) >= 11 is 0. The molecule has 1 atom stereocenters. The van der Waals surface area contributed by atoms with Crippen LogP contribution in [0, 0.1) is 0 Å². The van der Waals surface area contributed by atoms with Gasteiger partial charge < -0.3 is 10.1 Å². The first-order chi connectivity index (χ1) is 9.63. The van der Waals surface area contributed by atoms with Crippen molar-refractivity contribution in [1.82, 2.24) is 14.3 Å². The maximum absolute atomic E-state index is 12.4. The number of piperidine rings is 1. The van der Waals surface area contributed by atoms with Crippen molar-refractivity contribution in [3.05, 3.63) is 0 Å². The number of rotatable bonds is 9. The van der Waals surface area contributed by atoms with Crippen LogP contribution in [0.25, 0.3) is 0 Å². The van der Waals surface area contributed by atoms with E-state index in [0.29, 0.717) is 32.2 Å². The molecule has 0 amide bonds. The van der Waals surface area contributed by atoms with Gasteiger partial charge in [-0.3, -0.25) is 0 Å². The Bertz CT molecular complexity index is 384. The van der Waals surface area contributed by atoms with Crippen LogP contribution in [0.5, 0.6) is 0 Å². The van der Waals surface area contributed by atoms with Gasteiger partial charge in [-0.05, 0) is 32.1 Å². The van der Waals surface area contributed by atoms with E-state index in [0.717, 1.165) is 25.8 Å². The number of hydrogen-bond donors (Lipinski definition) is 2. The highest BCUT2D eigenvalue weighted by Gasteiger charge is 2.33. The monoisotopic (exact) mass is 305 g/mol. The molecule has 0 aromatic carbocycles. The number of methoxy groups -OCH3 is 1. The van der Waals surface area contributed by atoms with Crippen LogP contribution in [0.15, 0.2) is 0 Å². The van der Waals surface area contributed by atoms with Gasteiger partial charge in [0.25, 0.3) is 10.2 Å². The zero-order valence-electron chi connectivity index (χ0n) is 12.3. The van der Waals surface area contributed by atoms with Gasteiger partial charge in [0.15, 0.2) is 0 Å². The molecule has 2 N–H and O–H groups in total. The molecule has 0 radical (unpaired) electrons. The molecule has 2 rings (SSSR count). The maximum Gasteiger partial charge on any atom is 0.279 e. The van der Waals surface area contributed by atoms with Gasteiger partial charge in [0.2, 0.25) is 0 Å². The van der Waals surface area contributed by atoms with Gasteiger partial charge in [0.1, 0.15) is 0 Å². The van der Waals surface area contributed by atoms with Crippen molar-refractivity contribution in [2.24, 2.45) is 0 Å². The Hall–Kier alpha value is -0.210. The van der Waals surface area contributed by atoms with Crippen molar-refractivity contribution >= 4 is 10.2 Å². The van der Waals surface area contributed by atoms with Gasteiger partial charge in [-0.1, -0.05) is 6.42 Å². The Morgan fingerprint density at radius 1 is 1.25 bits per heavy atom. The van der Waals surface area contributed by atoms with Gasteiger partial charge >= 0.3 is 0 Å². The van der Waals surface area contributed by atoms with Crippen molar-refractivity contribution < 1.29 is 13.2 Å². The van der Waals surface area contributed by atoms with Gasteiger partial charge in [-0.2, -0.15) is 12.7 Å². The Balaban J connectivity index is 1.84. The summed E-state index contributed by atoms with van der Waals surface area (Å²) in [5.41, 5.74) is 0. The van der Waals surface area contributed by atoms with Crippen molar-refractivity contribution in [3.63, 3.8) is 0 Å². The number of nitrogens with zero attached hydrogens (tertiary/aromatic N) is 1. The first-order valence-electron chi connectivity index (χ1n) is 7.62. The lowest BCUT2D eigenvalue weighted by Crippen LogP contribution is -2.52. The molecule has 20 heavy (non-hydrogen) atoms. The summed E-state index contributed by atoms with van der Waals surface area (Å²) in [5, 5.41) is 3.45. The summed E-state index contributed by atoms with van der Waals surface area (Å²) in [5.74, 6) is 0. The Kier molecular flexibility index (Phi) is 6.22. The van der Waals surface area contributed by atoms with E-state index in [9.17, 15) is 8.42 Å². The molecule has 1 aliphatic heterocycles. The molecular formula is C13H27N3O3S. The van der Waals surface area contributed by atoms with E-state index in [-0.39, 0.29) is 6.04 Å². The van der Waals surface area contributed by atoms with E-state index in [4.69, 9.17) is 4.74 Å².